The van der Waals surface area contributed by atoms with Gasteiger partial charge in [-0.2, -0.15) is 0 Å². The van der Waals surface area contributed by atoms with Crippen LogP contribution in [0.1, 0.15) is 22.5 Å². The van der Waals surface area contributed by atoms with Crippen molar-refractivity contribution in [2.24, 2.45) is 0 Å². The summed E-state index contributed by atoms with van der Waals surface area (Å²) < 4.78 is 16.7. The normalized spacial score (nSPS) is 11.6. The van der Waals surface area contributed by atoms with Crippen LogP contribution in [-0.2, 0) is 11.3 Å². The maximum Gasteiger partial charge on any atom is 0.336 e. The van der Waals surface area contributed by atoms with Gasteiger partial charge < -0.3 is 18.7 Å². The zero-order chi connectivity index (χ0) is 15.9. The molecule has 5 nitrogen and oxygen atoms in total. The lowest BCUT2D eigenvalue weighted by Gasteiger charge is -2.08. The average molecular weight is 302 g/mol. The molecule has 3 rings (SSSR count). The standard InChI is InChI=1S/C17H18O5/c1-9-6-15(19)22-16-12(9)7-13-10(2)11(3)21-17(13)14(16)8-20-5-4-18/h6-7,18H,4-5,8H2,1-3H3. The number of fused-ring (bicyclic) bond motifs is 2. The predicted octanol–water partition coefficient (Wildman–Crippen LogP) is 2.97. The van der Waals surface area contributed by atoms with Crippen LogP contribution in [0.25, 0.3) is 21.9 Å². The molecule has 22 heavy (non-hydrogen) atoms. The minimum absolute atomic E-state index is 0.0624. The Morgan fingerprint density at radius 2 is 1.82 bits per heavy atom. The van der Waals surface area contributed by atoms with Gasteiger partial charge in [-0.25, -0.2) is 4.79 Å². The number of hydrogen-bond donors (Lipinski definition) is 1. The zero-order valence-corrected chi connectivity index (χ0v) is 12.9. The summed E-state index contributed by atoms with van der Waals surface area (Å²) in [4.78, 5) is 11.7. The number of aliphatic hydroxyl groups excluding tert-OH is 1. The maximum atomic E-state index is 11.7. The van der Waals surface area contributed by atoms with E-state index in [0.29, 0.717) is 16.7 Å². The molecule has 2 aromatic heterocycles. The molecule has 0 aliphatic heterocycles. The molecule has 0 atom stereocenters. The van der Waals surface area contributed by atoms with Gasteiger partial charge in [-0.1, -0.05) is 0 Å². The molecule has 0 radical (unpaired) electrons. The van der Waals surface area contributed by atoms with Crippen molar-refractivity contribution in [1.29, 1.82) is 0 Å². The Morgan fingerprint density at radius 1 is 1.09 bits per heavy atom. The topological polar surface area (TPSA) is 72.8 Å². The van der Waals surface area contributed by atoms with Crippen molar-refractivity contribution >= 4 is 21.9 Å². The van der Waals surface area contributed by atoms with E-state index >= 15 is 0 Å². The van der Waals surface area contributed by atoms with E-state index in [-0.39, 0.29) is 19.8 Å². The van der Waals surface area contributed by atoms with Gasteiger partial charge in [-0.05, 0) is 38.0 Å². The SMILES string of the molecule is Cc1oc2c(COCCO)c3oc(=O)cc(C)c3cc2c1C. The molecule has 3 aromatic rings. The average Bonchev–Trinajstić information content (AvgIpc) is 2.75. The third-order valence-corrected chi connectivity index (χ3v) is 3.96. The molecule has 0 aliphatic rings. The van der Waals surface area contributed by atoms with Gasteiger partial charge in [0.05, 0.1) is 25.4 Å². The van der Waals surface area contributed by atoms with E-state index in [1.165, 1.54) is 6.07 Å². The minimum Gasteiger partial charge on any atom is -0.461 e. The zero-order valence-electron chi connectivity index (χ0n) is 12.9. The molecule has 0 unspecified atom stereocenters. The fourth-order valence-corrected chi connectivity index (χ4v) is 2.68. The molecule has 116 valence electrons. The number of aliphatic hydroxyl groups is 1. The summed E-state index contributed by atoms with van der Waals surface area (Å²) in [6.07, 6.45) is 0. The third-order valence-electron chi connectivity index (χ3n) is 3.96. The van der Waals surface area contributed by atoms with Crippen LogP contribution in [0.2, 0.25) is 0 Å². The van der Waals surface area contributed by atoms with Gasteiger partial charge in [0.15, 0.2) is 0 Å². The molecule has 0 saturated heterocycles. The lowest BCUT2D eigenvalue weighted by molar-refractivity contribution is 0.0818. The lowest BCUT2D eigenvalue weighted by Crippen LogP contribution is -2.03. The first kappa shape index (κ1) is 14.8. The van der Waals surface area contributed by atoms with Gasteiger partial charge in [0, 0.05) is 16.8 Å². The molecule has 0 fully saturated rings. The Bertz CT molecular complexity index is 901. The fraction of sp³-hybridized carbons (Fsp3) is 0.353. The van der Waals surface area contributed by atoms with E-state index in [1.54, 1.807) is 0 Å². The fourth-order valence-electron chi connectivity index (χ4n) is 2.68. The van der Waals surface area contributed by atoms with Crippen LogP contribution in [0.5, 0.6) is 0 Å². The second-order valence-electron chi connectivity index (χ2n) is 5.42. The Labute approximate surface area is 127 Å². The van der Waals surface area contributed by atoms with Crippen molar-refractivity contribution in [3.05, 3.63) is 45.0 Å². The first-order chi connectivity index (χ1) is 10.5. The monoisotopic (exact) mass is 302 g/mol. The van der Waals surface area contributed by atoms with E-state index in [0.717, 1.165) is 27.7 Å². The highest BCUT2D eigenvalue weighted by atomic mass is 16.5. The predicted molar refractivity (Wildman–Crippen MR) is 83.2 cm³/mol. The second kappa shape index (κ2) is 5.59. The number of ether oxygens (including phenoxy) is 1. The summed E-state index contributed by atoms with van der Waals surface area (Å²) in [5.41, 5.74) is 3.39. The number of hydrogen-bond acceptors (Lipinski definition) is 5. The highest BCUT2D eigenvalue weighted by molar-refractivity contribution is 6.00. The Kier molecular flexibility index (Phi) is 3.76. The maximum absolute atomic E-state index is 11.7. The van der Waals surface area contributed by atoms with Gasteiger partial charge in [0.1, 0.15) is 16.9 Å². The largest absolute Gasteiger partial charge is 0.461 e. The molecular weight excluding hydrogens is 284 g/mol. The minimum atomic E-state index is -0.396. The van der Waals surface area contributed by atoms with Crippen LogP contribution in [-0.4, -0.2) is 18.3 Å². The molecule has 0 saturated carbocycles. The summed E-state index contributed by atoms with van der Waals surface area (Å²) >= 11 is 0. The molecule has 1 N–H and O–H groups in total. The Balaban J connectivity index is 2.37. The molecule has 0 bridgehead atoms. The molecular formula is C17H18O5. The first-order valence-corrected chi connectivity index (χ1v) is 7.17. The van der Waals surface area contributed by atoms with E-state index < -0.39 is 5.63 Å². The summed E-state index contributed by atoms with van der Waals surface area (Å²) in [6.45, 7) is 6.15. The number of benzene rings is 1. The lowest BCUT2D eigenvalue weighted by atomic mass is 10.0. The highest BCUT2D eigenvalue weighted by Crippen LogP contribution is 2.34. The van der Waals surface area contributed by atoms with Crippen molar-refractivity contribution in [3.8, 4) is 0 Å². The Morgan fingerprint density at radius 3 is 2.55 bits per heavy atom. The van der Waals surface area contributed by atoms with Crippen molar-refractivity contribution in [3.63, 3.8) is 0 Å². The molecule has 0 aliphatic carbocycles. The van der Waals surface area contributed by atoms with Crippen molar-refractivity contribution in [1.82, 2.24) is 0 Å². The molecule has 5 heteroatoms. The first-order valence-electron chi connectivity index (χ1n) is 7.17. The van der Waals surface area contributed by atoms with Gasteiger partial charge in [-0.15, -0.1) is 0 Å². The van der Waals surface area contributed by atoms with E-state index in [2.05, 4.69) is 0 Å². The highest BCUT2D eigenvalue weighted by Gasteiger charge is 2.18. The van der Waals surface area contributed by atoms with Crippen LogP contribution in [0.15, 0.2) is 25.8 Å². The summed E-state index contributed by atoms with van der Waals surface area (Å²) in [7, 11) is 0. The van der Waals surface area contributed by atoms with Crippen molar-refractivity contribution < 1.29 is 18.7 Å². The summed E-state index contributed by atoms with van der Waals surface area (Å²) in [6, 6.07) is 3.47. The molecule has 0 amide bonds. The summed E-state index contributed by atoms with van der Waals surface area (Å²) in [5, 5.41) is 10.7. The van der Waals surface area contributed by atoms with Gasteiger partial charge in [0.2, 0.25) is 0 Å². The number of aryl methyl sites for hydroxylation is 3. The molecule has 1 aromatic carbocycles. The van der Waals surface area contributed by atoms with Gasteiger partial charge in [0.25, 0.3) is 0 Å². The molecule has 0 spiro atoms. The van der Waals surface area contributed by atoms with Crippen molar-refractivity contribution in [2.45, 2.75) is 27.4 Å². The smallest absolute Gasteiger partial charge is 0.336 e. The number of furan rings is 1. The van der Waals surface area contributed by atoms with Gasteiger partial charge in [-0.3, -0.25) is 0 Å². The number of rotatable bonds is 4. The van der Waals surface area contributed by atoms with E-state index in [4.69, 9.17) is 18.7 Å². The van der Waals surface area contributed by atoms with Crippen LogP contribution in [0.4, 0.5) is 0 Å². The van der Waals surface area contributed by atoms with Crippen LogP contribution in [0, 0.1) is 20.8 Å². The third kappa shape index (κ3) is 2.32. The quantitative estimate of drug-likeness (QED) is 0.592. The summed E-state index contributed by atoms with van der Waals surface area (Å²) in [5.74, 6) is 0.828. The van der Waals surface area contributed by atoms with Crippen molar-refractivity contribution in [2.75, 3.05) is 13.2 Å². The van der Waals surface area contributed by atoms with E-state index in [9.17, 15) is 4.79 Å². The van der Waals surface area contributed by atoms with Crippen LogP contribution < -0.4 is 5.63 Å². The van der Waals surface area contributed by atoms with E-state index in [1.807, 2.05) is 26.8 Å². The Hall–Kier alpha value is -2.11. The second-order valence-corrected chi connectivity index (χ2v) is 5.42. The van der Waals surface area contributed by atoms with Gasteiger partial charge >= 0.3 is 5.63 Å². The van der Waals surface area contributed by atoms with Crippen LogP contribution >= 0.6 is 0 Å². The molecule has 2 heterocycles. The van der Waals surface area contributed by atoms with Crippen LogP contribution in [0.3, 0.4) is 0 Å².